The van der Waals surface area contributed by atoms with Crippen LogP contribution in [0.2, 0.25) is 0 Å². The Morgan fingerprint density at radius 2 is 1.73 bits per heavy atom. The number of carboxylic acid groups (broad SMARTS) is 1. The number of carbonyl (C=O) groups is 3. The average molecular weight is 304 g/mol. The predicted octanol–water partition coefficient (Wildman–Crippen LogP) is 0.0563. The number of nitrogen functional groups attached to an aromatic ring is 1. The fourth-order valence-electron chi connectivity index (χ4n) is 1.42. The molecule has 116 valence electrons. The Morgan fingerprint density at radius 1 is 1.14 bits per heavy atom. The summed E-state index contributed by atoms with van der Waals surface area (Å²) < 4.78 is 0. The zero-order valence-electron chi connectivity index (χ0n) is 11.6. The molecule has 0 bridgehead atoms. The number of hydrogen-bond donors (Lipinski definition) is 5. The van der Waals surface area contributed by atoms with E-state index in [-0.39, 0.29) is 18.8 Å². The molecule has 2 amide bonds. The molecule has 22 heavy (non-hydrogen) atoms. The van der Waals surface area contributed by atoms with Crippen LogP contribution in [0.1, 0.15) is 12.0 Å². The molecule has 0 aliphatic rings. The number of benzene rings is 1. The van der Waals surface area contributed by atoms with Gasteiger partial charge in [-0.25, -0.2) is 0 Å². The van der Waals surface area contributed by atoms with Crippen molar-refractivity contribution in [3.8, 4) is 0 Å². The molecule has 1 aromatic carbocycles. The highest BCUT2D eigenvalue weighted by molar-refractivity contribution is 6.03. The van der Waals surface area contributed by atoms with Gasteiger partial charge in [0.2, 0.25) is 11.8 Å². The molecular weight excluding hydrogens is 288 g/mol. The molecule has 0 saturated heterocycles. The maximum atomic E-state index is 11.6. The standard InChI is InChI=1S/C14H16N4O4/c15-14(16)9-1-3-10(4-2-9)18-12(20)6-5-11(19)17-8-7-13(21)22/h1-6H,7-8H2,(H3,15,16)(H,17,19)(H,18,20)(H,21,22)/b6-5+. The van der Waals surface area contributed by atoms with Crippen molar-refractivity contribution in [3.63, 3.8) is 0 Å². The van der Waals surface area contributed by atoms with Crippen LogP contribution in [0.25, 0.3) is 0 Å². The molecule has 0 unspecified atom stereocenters. The summed E-state index contributed by atoms with van der Waals surface area (Å²) in [4.78, 5) is 33.1. The fourth-order valence-corrected chi connectivity index (χ4v) is 1.42. The van der Waals surface area contributed by atoms with Crippen molar-refractivity contribution in [2.75, 3.05) is 11.9 Å². The van der Waals surface area contributed by atoms with E-state index in [1.54, 1.807) is 24.3 Å². The number of amidine groups is 1. The van der Waals surface area contributed by atoms with Crippen LogP contribution in [0.15, 0.2) is 36.4 Å². The van der Waals surface area contributed by atoms with Gasteiger partial charge in [0.05, 0.1) is 6.42 Å². The quantitative estimate of drug-likeness (QED) is 0.274. The van der Waals surface area contributed by atoms with E-state index in [2.05, 4.69) is 10.6 Å². The van der Waals surface area contributed by atoms with Gasteiger partial charge >= 0.3 is 5.97 Å². The summed E-state index contributed by atoms with van der Waals surface area (Å²) in [5.41, 5.74) is 6.33. The molecule has 6 N–H and O–H groups in total. The molecule has 8 heteroatoms. The number of carboxylic acids is 1. The van der Waals surface area contributed by atoms with Crippen molar-refractivity contribution in [1.82, 2.24) is 5.32 Å². The summed E-state index contributed by atoms with van der Waals surface area (Å²) in [6.07, 6.45) is 1.87. The topological polar surface area (TPSA) is 145 Å². The Balaban J connectivity index is 2.44. The van der Waals surface area contributed by atoms with E-state index in [0.717, 1.165) is 12.2 Å². The Morgan fingerprint density at radius 3 is 2.27 bits per heavy atom. The van der Waals surface area contributed by atoms with E-state index in [0.29, 0.717) is 11.3 Å². The lowest BCUT2D eigenvalue weighted by molar-refractivity contribution is -0.136. The first kappa shape index (κ1) is 16.9. The van der Waals surface area contributed by atoms with Crippen LogP contribution < -0.4 is 16.4 Å². The molecule has 0 aromatic heterocycles. The van der Waals surface area contributed by atoms with Crippen molar-refractivity contribution in [1.29, 1.82) is 5.41 Å². The first-order valence-electron chi connectivity index (χ1n) is 6.31. The van der Waals surface area contributed by atoms with Crippen molar-refractivity contribution < 1.29 is 19.5 Å². The fraction of sp³-hybridized carbons (Fsp3) is 0.143. The zero-order chi connectivity index (χ0) is 16.5. The summed E-state index contributed by atoms with van der Waals surface area (Å²) in [5, 5.41) is 20.5. The largest absolute Gasteiger partial charge is 0.481 e. The van der Waals surface area contributed by atoms with Crippen LogP contribution in [-0.4, -0.2) is 35.3 Å². The van der Waals surface area contributed by atoms with Crippen LogP contribution in [0.4, 0.5) is 5.69 Å². The smallest absolute Gasteiger partial charge is 0.305 e. The van der Waals surface area contributed by atoms with Gasteiger partial charge in [0.15, 0.2) is 0 Å². The first-order chi connectivity index (χ1) is 10.4. The maximum Gasteiger partial charge on any atom is 0.305 e. The Bertz CT molecular complexity index is 608. The van der Waals surface area contributed by atoms with Crippen LogP contribution in [0.5, 0.6) is 0 Å². The third-order valence-corrected chi connectivity index (χ3v) is 2.49. The van der Waals surface area contributed by atoms with Gasteiger partial charge in [-0.15, -0.1) is 0 Å². The third kappa shape index (κ3) is 6.33. The van der Waals surface area contributed by atoms with Gasteiger partial charge in [-0.2, -0.15) is 0 Å². The van der Waals surface area contributed by atoms with Crippen LogP contribution in [-0.2, 0) is 14.4 Å². The molecular formula is C14H16N4O4. The molecule has 0 fully saturated rings. The summed E-state index contributed by atoms with van der Waals surface area (Å²) in [6.45, 7) is -0.00731. The first-order valence-corrected chi connectivity index (χ1v) is 6.31. The van der Waals surface area contributed by atoms with E-state index in [1.807, 2.05) is 0 Å². The lowest BCUT2D eigenvalue weighted by atomic mass is 10.2. The molecule has 1 aromatic rings. The number of anilines is 1. The Labute approximate surface area is 126 Å². The molecule has 0 heterocycles. The van der Waals surface area contributed by atoms with Crippen LogP contribution >= 0.6 is 0 Å². The number of carbonyl (C=O) groups excluding carboxylic acids is 2. The van der Waals surface area contributed by atoms with E-state index in [1.165, 1.54) is 0 Å². The minimum atomic E-state index is -1.02. The number of nitrogens with one attached hydrogen (secondary N) is 3. The number of hydrogen-bond acceptors (Lipinski definition) is 4. The predicted molar refractivity (Wildman–Crippen MR) is 80.5 cm³/mol. The van der Waals surface area contributed by atoms with Crippen molar-refractivity contribution in [2.45, 2.75) is 6.42 Å². The molecule has 0 aliphatic carbocycles. The highest BCUT2D eigenvalue weighted by atomic mass is 16.4. The SMILES string of the molecule is N=C(N)c1ccc(NC(=O)/C=C/C(=O)NCCC(=O)O)cc1. The van der Waals surface area contributed by atoms with E-state index >= 15 is 0 Å². The van der Waals surface area contributed by atoms with E-state index < -0.39 is 17.8 Å². The van der Waals surface area contributed by atoms with Gasteiger partial charge in [0.1, 0.15) is 5.84 Å². The lowest BCUT2D eigenvalue weighted by Gasteiger charge is -2.03. The summed E-state index contributed by atoms with van der Waals surface area (Å²) in [7, 11) is 0. The molecule has 1 rings (SSSR count). The molecule has 0 radical (unpaired) electrons. The highest BCUT2D eigenvalue weighted by Crippen LogP contribution is 2.08. The average Bonchev–Trinajstić information content (AvgIpc) is 2.45. The van der Waals surface area contributed by atoms with Gasteiger partial charge < -0.3 is 21.5 Å². The molecule has 0 spiro atoms. The summed E-state index contributed by atoms with van der Waals surface area (Å²) in [6, 6.07) is 6.32. The van der Waals surface area contributed by atoms with E-state index in [9.17, 15) is 14.4 Å². The summed E-state index contributed by atoms with van der Waals surface area (Å²) in [5.74, 6) is -2.15. The second kappa shape index (κ2) is 8.20. The van der Waals surface area contributed by atoms with Gasteiger partial charge in [-0.05, 0) is 24.3 Å². The molecule has 0 aliphatic heterocycles. The third-order valence-electron chi connectivity index (χ3n) is 2.49. The second-order valence-electron chi connectivity index (χ2n) is 4.25. The van der Waals surface area contributed by atoms with Crippen molar-refractivity contribution >= 4 is 29.3 Å². The van der Waals surface area contributed by atoms with Crippen LogP contribution in [0, 0.1) is 5.41 Å². The van der Waals surface area contributed by atoms with E-state index in [4.69, 9.17) is 16.2 Å². The summed E-state index contributed by atoms with van der Waals surface area (Å²) >= 11 is 0. The Kier molecular flexibility index (Phi) is 6.30. The lowest BCUT2D eigenvalue weighted by Crippen LogP contribution is -2.24. The van der Waals surface area contributed by atoms with Gasteiger partial charge in [0.25, 0.3) is 0 Å². The second-order valence-corrected chi connectivity index (χ2v) is 4.25. The minimum absolute atomic E-state index is 0.00731. The number of aliphatic carboxylic acids is 1. The molecule has 0 saturated carbocycles. The number of amides is 2. The van der Waals surface area contributed by atoms with Crippen LogP contribution in [0.3, 0.4) is 0 Å². The minimum Gasteiger partial charge on any atom is -0.481 e. The van der Waals surface area contributed by atoms with Crippen molar-refractivity contribution in [2.24, 2.45) is 5.73 Å². The zero-order valence-corrected chi connectivity index (χ0v) is 11.6. The van der Waals surface area contributed by atoms with Gasteiger partial charge in [-0.1, -0.05) is 0 Å². The molecule has 8 nitrogen and oxygen atoms in total. The monoisotopic (exact) mass is 304 g/mol. The van der Waals surface area contributed by atoms with Gasteiger partial charge in [-0.3, -0.25) is 19.8 Å². The van der Waals surface area contributed by atoms with Gasteiger partial charge in [0, 0.05) is 29.9 Å². The number of rotatable bonds is 7. The highest BCUT2D eigenvalue weighted by Gasteiger charge is 2.02. The van der Waals surface area contributed by atoms with Crippen molar-refractivity contribution in [3.05, 3.63) is 42.0 Å². The molecule has 0 atom stereocenters. The Hall–Kier alpha value is -3.16. The number of nitrogens with two attached hydrogens (primary N) is 1. The maximum absolute atomic E-state index is 11.6. The normalized spacial score (nSPS) is 10.2.